The van der Waals surface area contributed by atoms with Crippen LogP contribution in [-0.4, -0.2) is 31.7 Å². The van der Waals surface area contributed by atoms with Crippen molar-refractivity contribution in [1.29, 1.82) is 0 Å². The van der Waals surface area contributed by atoms with E-state index in [4.69, 9.17) is 14.2 Å². The number of ether oxygens (including phenoxy) is 3. The minimum Gasteiger partial charge on any atom is -0.370 e. The predicted molar refractivity (Wildman–Crippen MR) is 30.0 cm³/mol. The lowest BCUT2D eigenvalue weighted by molar-refractivity contribution is -0.190. The second kappa shape index (κ2) is 1.94. The Morgan fingerprint density at radius 3 is 2.78 bits per heavy atom. The molecule has 0 aromatic rings. The average molecular weight is 130 g/mol. The van der Waals surface area contributed by atoms with Crippen LogP contribution in [-0.2, 0) is 14.2 Å². The van der Waals surface area contributed by atoms with Crippen LogP contribution in [0.25, 0.3) is 0 Å². The SMILES string of the molecule is CC1OCC2COC1O2. The van der Waals surface area contributed by atoms with Crippen molar-refractivity contribution in [3.8, 4) is 0 Å². The molecule has 0 saturated carbocycles. The third-order valence-corrected chi connectivity index (χ3v) is 1.70. The summed E-state index contributed by atoms with van der Waals surface area (Å²) in [5.41, 5.74) is 0. The maximum absolute atomic E-state index is 5.36. The second-order valence-corrected chi connectivity index (χ2v) is 2.50. The molecule has 9 heavy (non-hydrogen) atoms. The van der Waals surface area contributed by atoms with Crippen molar-refractivity contribution in [2.75, 3.05) is 13.2 Å². The summed E-state index contributed by atoms with van der Waals surface area (Å²) >= 11 is 0. The van der Waals surface area contributed by atoms with Gasteiger partial charge < -0.3 is 14.2 Å². The van der Waals surface area contributed by atoms with Crippen molar-refractivity contribution in [1.82, 2.24) is 0 Å². The molecule has 0 aromatic carbocycles. The van der Waals surface area contributed by atoms with E-state index in [-0.39, 0.29) is 18.5 Å². The van der Waals surface area contributed by atoms with Gasteiger partial charge in [-0.25, -0.2) is 0 Å². The number of fused-ring (bicyclic) bond motifs is 2. The third-order valence-electron chi connectivity index (χ3n) is 1.70. The van der Waals surface area contributed by atoms with Crippen LogP contribution >= 0.6 is 0 Å². The molecule has 2 fully saturated rings. The summed E-state index contributed by atoms with van der Waals surface area (Å²) in [5.74, 6) is 0. The molecule has 3 atom stereocenters. The molecule has 3 nitrogen and oxygen atoms in total. The Hall–Kier alpha value is -0.120. The molecule has 2 rings (SSSR count). The first-order valence-electron chi connectivity index (χ1n) is 3.25. The first kappa shape index (κ1) is 5.65. The molecule has 2 saturated heterocycles. The van der Waals surface area contributed by atoms with E-state index < -0.39 is 0 Å². The average Bonchev–Trinajstić information content (AvgIpc) is 2.25. The van der Waals surface area contributed by atoms with Crippen molar-refractivity contribution < 1.29 is 14.2 Å². The molecule has 3 heteroatoms. The highest BCUT2D eigenvalue weighted by Gasteiger charge is 2.35. The van der Waals surface area contributed by atoms with Gasteiger partial charge in [-0.05, 0) is 6.92 Å². The Bertz CT molecular complexity index is 115. The van der Waals surface area contributed by atoms with Crippen LogP contribution in [0.2, 0.25) is 0 Å². The van der Waals surface area contributed by atoms with Crippen LogP contribution in [0.4, 0.5) is 0 Å². The summed E-state index contributed by atoms with van der Waals surface area (Å²) in [7, 11) is 0. The highest BCUT2D eigenvalue weighted by Crippen LogP contribution is 2.22. The maximum Gasteiger partial charge on any atom is 0.184 e. The lowest BCUT2D eigenvalue weighted by atomic mass is 10.3. The van der Waals surface area contributed by atoms with Crippen molar-refractivity contribution in [2.24, 2.45) is 0 Å². The normalized spacial score (nSPS) is 49.7. The molecule has 2 heterocycles. The van der Waals surface area contributed by atoms with E-state index in [2.05, 4.69) is 0 Å². The van der Waals surface area contributed by atoms with Gasteiger partial charge in [0.15, 0.2) is 6.29 Å². The Balaban J connectivity index is 2.05. The van der Waals surface area contributed by atoms with E-state index in [0.29, 0.717) is 13.2 Å². The number of hydrogen-bond donors (Lipinski definition) is 0. The quantitative estimate of drug-likeness (QED) is 0.467. The summed E-state index contributed by atoms with van der Waals surface area (Å²) < 4.78 is 15.9. The van der Waals surface area contributed by atoms with Crippen LogP contribution in [0.1, 0.15) is 6.92 Å². The molecule has 0 radical (unpaired) electrons. The van der Waals surface area contributed by atoms with E-state index in [9.17, 15) is 0 Å². The maximum atomic E-state index is 5.36. The van der Waals surface area contributed by atoms with Crippen LogP contribution in [0, 0.1) is 0 Å². The van der Waals surface area contributed by atoms with Crippen molar-refractivity contribution in [2.45, 2.75) is 25.4 Å². The van der Waals surface area contributed by atoms with Gasteiger partial charge >= 0.3 is 0 Å². The van der Waals surface area contributed by atoms with Gasteiger partial charge in [0.25, 0.3) is 0 Å². The Labute approximate surface area is 53.9 Å². The highest BCUT2D eigenvalue weighted by molar-refractivity contribution is 4.74. The van der Waals surface area contributed by atoms with E-state index in [1.54, 1.807) is 0 Å². The molecular weight excluding hydrogens is 120 g/mol. The van der Waals surface area contributed by atoms with Gasteiger partial charge in [0.05, 0.1) is 13.2 Å². The molecule has 0 N–H and O–H groups in total. The van der Waals surface area contributed by atoms with Crippen molar-refractivity contribution in [3.63, 3.8) is 0 Å². The molecular formula is C6H10O3. The molecule has 0 aliphatic carbocycles. The summed E-state index contributed by atoms with van der Waals surface area (Å²) in [4.78, 5) is 0. The molecule has 2 aliphatic rings. The number of hydrogen-bond acceptors (Lipinski definition) is 3. The molecule has 0 spiro atoms. The fraction of sp³-hybridized carbons (Fsp3) is 1.00. The van der Waals surface area contributed by atoms with E-state index in [1.165, 1.54) is 0 Å². The largest absolute Gasteiger partial charge is 0.370 e. The first-order chi connectivity index (χ1) is 4.36. The van der Waals surface area contributed by atoms with Gasteiger partial charge in [-0.1, -0.05) is 0 Å². The summed E-state index contributed by atoms with van der Waals surface area (Å²) in [6.07, 6.45) is 0.221. The highest BCUT2D eigenvalue weighted by atomic mass is 16.8. The Morgan fingerprint density at radius 2 is 2.00 bits per heavy atom. The van der Waals surface area contributed by atoms with Crippen LogP contribution in [0.15, 0.2) is 0 Å². The van der Waals surface area contributed by atoms with Gasteiger partial charge in [-0.2, -0.15) is 0 Å². The van der Waals surface area contributed by atoms with Gasteiger partial charge in [0.2, 0.25) is 0 Å². The van der Waals surface area contributed by atoms with E-state index >= 15 is 0 Å². The van der Waals surface area contributed by atoms with Crippen LogP contribution < -0.4 is 0 Å². The molecule has 0 aromatic heterocycles. The predicted octanol–water partition coefficient (Wildman–Crippen LogP) is 0.147. The van der Waals surface area contributed by atoms with Gasteiger partial charge in [0, 0.05) is 0 Å². The van der Waals surface area contributed by atoms with E-state index in [0.717, 1.165) is 0 Å². The number of rotatable bonds is 0. The lowest BCUT2D eigenvalue weighted by Crippen LogP contribution is -2.35. The fourth-order valence-corrected chi connectivity index (χ4v) is 1.14. The minimum atomic E-state index is -0.0938. The lowest BCUT2D eigenvalue weighted by Gasteiger charge is -2.24. The summed E-state index contributed by atoms with van der Waals surface area (Å²) in [5, 5.41) is 0. The smallest absolute Gasteiger partial charge is 0.184 e. The zero-order valence-corrected chi connectivity index (χ0v) is 5.37. The minimum absolute atomic E-state index is 0.0938. The van der Waals surface area contributed by atoms with Crippen molar-refractivity contribution in [3.05, 3.63) is 0 Å². The molecule has 0 amide bonds. The molecule has 2 bridgehead atoms. The van der Waals surface area contributed by atoms with Crippen molar-refractivity contribution >= 4 is 0 Å². The standard InChI is InChI=1S/C6H10O3/c1-4-6-8-3-5(9-6)2-7-4/h4-6H,2-3H2,1H3. The molecule has 2 aliphatic heterocycles. The monoisotopic (exact) mass is 130 g/mol. The molecule has 3 unspecified atom stereocenters. The van der Waals surface area contributed by atoms with Gasteiger partial charge in [-0.3, -0.25) is 0 Å². The molecule has 52 valence electrons. The third kappa shape index (κ3) is 0.852. The van der Waals surface area contributed by atoms with Gasteiger partial charge in [-0.15, -0.1) is 0 Å². The zero-order valence-electron chi connectivity index (χ0n) is 5.37. The first-order valence-corrected chi connectivity index (χ1v) is 3.25. The summed E-state index contributed by atoms with van der Waals surface area (Å²) in [6.45, 7) is 3.36. The zero-order chi connectivity index (χ0) is 6.27. The second-order valence-electron chi connectivity index (χ2n) is 2.50. The summed E-state index contributed by atoms with van der Waals surface area (Å²) in [6, 6.07) is 0. The van der Waals surface area contributed by atoms with Crippen LogP contribution in [0.3, 0.4) is 0 Å². The topological polar surface area (TPSA) is 27.7 Å². The van der Waals surface area contributed by atoms with E-state index in [1.807, 2.05) is 6.92 Å². The fourth-order valence-electron chi connectivity index (χ4n) is 1.14. The Morgan fingerprint density at radius 1 is 1.22 bits per heavy atom. The van der Waals surface area contributed by atoms with Crippen LogP contribution in [0.5, 0.6) is 0 Å². The van der Waals surface area contributed by atoms with Gasteiger partial charge in [0.1, 0.15) is 12.2 Å². The Kier molecular flexibility index (Phi) is 1.22.